The van der Waals surface area contributed by atoms with Crippen molar-refractivity contribution in [3.05, 3.63) is 90.3 Å². The van der Waals surface area contributed by atoms with Gasteiger partial charge in [-0.1, -0.05) is 18.2 Å². The van der Waals surface area contributed by atoms with Crippen LogP contribution < -0.4 is 10.2 Å². The van der Waals surface area contributed by atoms with Crippen molar-refractivity contribution in [2.75, 3.05) is 23.4 Å². The molecule has 0 saturated carbocycles. The van der Waals surface area contributed by atoms with E-state index in [-0.39, 0.29) is 24.8 Å². The molecule has 3 aromatic rings. The molecule has 0 radical (unpaired) electrons. The van der Waals surface area contributed by atoms with Crippen molar-refractivity contribution in [3.63, 3.8) is 0 Å². The molecule has 184 valence electrons. The molecule has 1 saturated heterocycles. The number of amides is 2. The lowest BCUT2D eigenvalue weighted by molar-refractivity contribution is -0.124. The third-order valence-corrected chi connectivity index (χ3v) is 6.20. The first-order chi connectivity index (χ1) is 17.5. The second kappa shape index (κ2) is 11.5. The first kappa shape index (κ1) is 25.0. The lowest BCUT2D eigenvalue weighted by Crippen LogP contribution is -2.39. The highest BCUT2D eigenvalue weighted by Gasteiger charge is 2.43. The molecule has 2 heterocycles. The molecule has 1 aliphatic heterocycles. The maximum Gasteiger partial charge on any atom is 0.338 e. The molecule has 8 nitrogen and oxygen atoms in total. The zero-order valence-electron chi connectivity index (χ0n) is 19.8. The average molecular weight is 503 g/mol. The summed E-state index contributed by atoms with van der Waals surface area (Å²) < 4.78 is 5.03. The van der Waals surface area contributed by atoms with Gasteiger partial charge in [-0.15, -0.1) is 0 Å². The molecule has 1 N–H and O–H groups in total. The SMILES string of the molecule is CCOC(=O)c1ccc(N2C(=O)[C@@H](CC(=O)Nc3ccccc3)N(CCc3ccncc3)C2=S)cc1. The number of benzene rings is 2. The third-order valence-electron chi connectivity index (χ3n) is 5.78. The van der Waals surface area contributed by atoms with Crippen LogP contribution in [-0.2, 0) is 20.7 Å². The zero-order valence-corrected chi connectivity index (χ0v) is 20.6. The van der Waals surface area contributed by atoms with Gasteiger partial charge in [0.25, 0.3) is 5.91 Å². The molecule has 0 spiro atoms. The van der Waals surface area contributed by atoms with Crippen LogP contribution in [0.4, 0.5) is 11.4 Å². The summed E-state index contributed by atoms with van der Waals surface area (Å²) in [5, 5.41) is 3.16. The van der Waals surface area contributed by atoms with Crippen molar-refractivity contribution in [1.29, 1.82) is 0 Å². The summed E-state index contributed by atoms with van der Waals surface area (Å²) in [4.78, 5) is 45.7. The minimum absolute atomic E-state index is 0.0539. The van der Waals surface area contributed by atoms with E-state index in [1.807, 2.05) is 30.3 Å². The Morgan fingerprint density at radius 1 is 1.03 bits per heavy atom. The second-order valence-electron chi connectivity index (χ2n) is 8.16. The molecule has 2 aromatic carbocycles. The second-order valence-corrected chi connectivity index (χ2v) is 8.52. The summed E-state index contributed by atoms with van der Waals surface area (Å²) in [6, 6.07) is 18.7. The minimum atomic E-state index is -0.757. The van der Waals surface area contributed by atoms with Crippen molar-refractivity contribution < 1.29 is 19.1 Å². The number of pyridine rings is 1. The van der Waals surface area contributed by atoms with E-state index in [2.05, 4.69) is 10.3 Å². The Bertz CT molecular complexity index is 1240. The van der Waals surface area contributed by atoms with Crippen molar-refractivity contribution in [2.24, 2.45) is 0 Å². The van der Waals surface area contributed by atoms with Gasteiger partial charge < -0.3 is 15.0 Å². The summed E-state index contributed by atoms with van der Waals surface area (Å²) in [6.07, 6.45) is 4.00. The summed E-state index contributed by atoms with van der Waals surface area (Å²) >= 11 is 5.72. The Morgan fingerprint density at radius 2 is 1.72 bits per heavy atom. The predicted octanol–water partition coefficient (Wildman–Crippen LogP) is 3.83. The molecule has 4 rings (SSSR count). The monoisotopic (exact) mass is 502 g/mol. The Labute approximate surface area is 214 Å². The van der Waals surface area contributed by atoms with E-state index in [9.17, 15) is 14.4 Å². The van der Waals surface area contributed by atoms with Crippen LogP contribution in [-0.4, -0.2) is 52.0 Å². The van der Waals surface area contributed by atoms with E-state index in [4.69, 9.17) is 17.0 Å². The number of ether oxygens (including phenoxy) is 1. The van der Waals surface area contributed by atoms with E-state index in [1.54, 1.807) is 60.6 Å². The number of hydrogen-bond donors (Lipinski definition) is 1. The van der Waals surface area contributed by atoms with Crippen LogP contribution >= 0.6 is 12.2 Å². The zero-order chi connectivity index (χ0) is 25.5. The van der Waals surface area contributed by atoms with Crippen LogP contribution in [0.2, 0.25) is 0 Å². The fourth-order valence-electron chi connectivity index (χ4n) is 3.99. The predicted molar refractivity (Wildman–Crippen MR) is 141 cm³/mol. The summed E-state index contributed by atoms with van der Waals surface area (Å²) in [6.45, 7) is 2.46. The largest absolute Gasteiger partial charge is 0.462 e. The molecule has 1 aromatic heterocycles. The van der Waals surface area contributed by atoms with Crippen molar-refractivity contribution in [3.8, 4) is 0 Å². The molecule has 0 unspecified atom stereocenters. The number of carbonyl (C=O) groups is 3. The topological polar surface area (TPSA) is 91.8 Å². The minimum Gasteiger partial charge on any atom is -0.462 e. The fourth-order valence-corrected chi connectivity index (χ4v) is 4.41. The number of rotatable bonds is 9. The number of carbonyl (C=O) groups excluding carboxylic acids is 3. The molecule has 36 heavy (non-hydrogen) atoms. The number of thiocarbonyl (C=S) groups is 1. The van der Waals surface area contributed by atoms with Crippen molar-refractivity contribution in [1.82, 2.24) is 9.88 Å². The highest BCUT2D eigenvalue weighted by atomic mass is 32.1. The highest BCUT2D eigenvalue weighted by Crippen LogP contribution is 2.28. The van der Waals surface area contributed by atoms with Crippen LogP contribution in [0.15, 0.2) is 79.1 Å². The van der Waals surface area contributed by atoms with Gasteiger partial charge in [-0.25, -0.2) is 4.79 Å². The average Bonchev–Trinajstić information content (AvgIpc) is 3.12. The molecule has 9 heteroatoms. The van der Waals surface area contributed by atoms with Gasteiger partial charge in [-0.05, 0) is 79.7 Å². The summed E-state index contributed by atoms with van der Waals surface area (Å²) in [7, 11) is 0. The maximum atomic E-state index is 13.6. The molecular formula is C27H26N4O4S. The van der Waals surface area contributed by atoms with Crippen molar-refractivity contribution >= 4 is 46.5 Å². The van der Waals surface area contributed by atoms with Crippen LogP contribution in [0.5, 0.6) is 0 Å². The smallest absolute Gasteiger partial charge is 0.338 e. The standard InChI is InChI=1S/C27H26N4O4S/c1-2-35-26(34)20-8-10-22(11-9-20)31-25(33)23(18-24(32)29-21-6-4-3-5-7-21)30(27(31)36)17-14-19-12-15-28-16-13-19/h3-13,15-16,23H,2,14,17-18H2,1H3,(H,29,32)/t23-/m1/s1. The number of anilines is 2. The van der Waals surface area contributed by atoms with E-state index in [1.165, 1.54) is 4.90 Å². The molecule has 1 atom stereocenters. The first-order valence-electron chi connectivity index (χ1n) is 11.6. The molecule has 0 aliphatic carbocycles. The van der Waals surface area contributed by atoms with E-state index >= 15 is 0 Å². The lowest BCUT2D eigenvalue weighted by Gasteiger charge is -2.24. The van der Waals surface area contributed by atoms with Crippen molar-refractivity contribution in [2.45, 2.75) is 25.8 Å². The van der Waals surface area contributed by atoms with Gasteiger partial charge in [-0.3, -0.25) is 19.5 Å². The van der Waals surface area contributed by atoms with Gasteiger partial charge in [0.15, 0.2) is 5.11 Å². The number of hydrogen-bond acceptors (Lipinski definition) is 6. The Balaban J connectivity index is 1.55. The highest BCUT2D eigenvalue weighted by molar-refractivity contribution is 7.80. The first-order valence-corrected chi connectivity index (χ1v) is 12.0. The van der Waals surface area contributed by atoms with Crippen LogP contribution in [0, 0.1) is 0 Å². The maximum absolute atomic E-state index is 13.6. The molecule has 1 fully saturated rings. The number of nitrogens with one attached hydrogen (secondary N) is 1. The van der Waals surface area contributed by atoms with Crippen LogP contribution in [0.25, 0.3) is 0 Å². The molecule has 1 aliphatic rings. The van der Waals surface area contributed by atoms with Crippen LogP contribution in [0.3, 0.4) is 0 Å². The summed E-state index contributed by atoms with van der Waals surface area (Å²) in [5.41, 5.74) is 2.61. The van der Waals surface area contributed by atoms with E-state index < -0.39 is 12.0 Å². The number of esters is 1. The van der Waals surface area contributed by atoms with Crippen LogP contribution in [0.1, 0.15) is 29.3 Å². The molecule has 2 amide bonds. The molecular weight excluding hydrogens is 476 g/mol. The Hall–Kier alpha value is -4.11. The third kappa shape index (κ3) is 5.75. The van der Waals surface area contributed by atoms with Gasteiger partial charge in [-0.2, -0.15) is 0 Å². The molecule has 0 bridgehead atoms. The van der Waals surface area contributed by atoms with Gasteiger partial charge in [0.2, 0.25) is 5.91 Å². The lowest BCUT2D eigenvalue weighted by atomic mass is 10.1. The van der Waals surface area contributed by atoms with Gasteiger partial charge >= 0.3 is 5.97 Å². The number of nitrogens with zero attached hydrogens (tertiary/aromatic N) is 3. The van der Waals surface area contributed by atoms with Gasteiger partial charge in [0.1, 0.15) is 6.04 Å². The van der Waals surface area contributed by atoms with Gasteiger partial charge in [0.05, 0.1) is 24.3 Å². The number of para-hydroxylation sites is 1. The Morgan fingerprint density at radius 3 is 2.39 bits per heavy atom. The summed E-state index contributed by atoms with van der Waals surface area (Å²) in [5.74, 6) is -1.01. The van der Waals surface area contributed by atoms with E-state index in [0.29, 0.717) is 35.0 Å². The van der Waals surface area contributed by atoms with Gasteiger partial charge in [0, 0.05) is 24.6 Å². The van der Waals surface area contributed by atoms with E-state index in [0.717, 1.165) is 5.56 Å². The Kier molecular flexibility index (Phi) is 8.02. The normalized spacial score (nSPS) is 15.2. The number of aromatic nitrogens is 1. The quantitative estimate of drug-likeness (QED) is 0.351. The fraction of sp³-hybridized carbons (Fsp3) is 0.222.